The van der Waals surface area contributed by atoms with E-state index in [1.54, 1.807) is 6.20 Å². The van der Waals surface area contributed by atoms with Crippen molar-refractivity contribution < 1.29 is 0 Å². The van der Waals surface area contributed by atoms with Crippen molar-refractivity contribution >= 4 is 5.65 Å². The average Bonchev–Trinajstić information content (AvgIpc) is 2.82. The van der Waals surface area contributed by atoms with Crippen LogP contribution in [0.3, 0.4) is 0 Å². The van der Waals surface area contributed by atoms with Gasteiger partial charge in [0.05, 0.1) is 5.69 Å². The van der Waals surface area contributed by atoms with Crippen LogP contribution in [0, 0.1) is 0 Å². The third-order valence-electron chi connectivity index (χ3n) is 2.68. The molecule has 3 aromatic heterocycles. The number of nitrogens with two attached hydrogens (primary N) is 1. The second-order valence-electron chi connectivity index (χ2n) is 3.85. The van der Waals surface area contributed by atoms with E-state index in [2.05, 4.69) is 9.97 Å². The van der Waals surface area contributed by atoms with Crippen molar-refractivity contribution in [2.45, 2.75) is 6.54 Å². The number of fused-ring (bicyclic) bond motifs is 1. The lowest BCUT2D eigenvalue weighted by Crippen LogP contribution is -1.97. The molecule has 0 aliphatic rings. The van der Waals surface area contributed by atoms with Gasteiger partial charge in [0, 0.05) is 25.1 Å². The molecule has 4 nitrogen and oxygen atoms in total. The zero-order valence-electron chi connectivity index (χ0n) is 9.24. The molecule has 0 aliphatic heterocycles. The van der Waals surface area contributed by atoms with Crippen LogP contribution in [0.25, 0.3) is 17.0 Å². The summed E-state index contributed by atoms with van der Waals surface area (Å²) in [6, 6.07) is 9.76. The normalized spacial score (nSPS) is 10.9. The fourth-order valence-electron chi connectivity index (χ4n) is 1.80. The summed E-state index contributed by atoms with van der Waals surface area (Å²) in [6.45, 7) is 0.535. The molecule has 0 saturated carbocycles. The van der Waals surface area contributed by atoms with Crippen molar-refractivity contribution in [3.8, 4) is 11.4 Å². The maximum absolute atomic E-state index is 5.61. The van der Waals surface area contributed by atoms with Crippen LogP contribution in [0.5, 0.6) is 0 Å². The second kappa shape index (κ2) is 3.99. The Hall–Kier alpha value is -2.20. The Balaban J connectivity index is 2.14. The van der Waals surface area contributed by atoms with Gasteiger partial charge in [-0.1, -0.05) is 12.1 Å². The zero-order chi connectivity index (χ0) is 11.7. The third kappa shape index (κ3) is 1.79. The lowest BCUT2D eigenvalue weighted by molar-refractivity contribution is 1.03. The minimum absolute atomic E-state index is 0.535. The van der Waals surface area contributed by atoms with E-state index in [1.165, 1.54) is 0 Å². The van der Waals surface area contributed by atoms with Crippen LogP contribution >= 0.6 is 0 Å². The number of aromatic nitrogens is 3. The topological polar surface area (TPSA) is 56.2 Å². The van der Waals surface area contributed by atoms with E-state index in [4.69, 9.17) is 5.73 Å². The van der Waals surface area contributed by atoms with Gasteiger partial charge in [-0.3, -0.25) is 4.98 Å². The van der Waals surface area contributed by atoms with Crippen molar-refractivity contribution in [2.75, 3.05) is 0 Å². The molecule has 0 spiro atoms. The first-order valence-corrected chi connectivity index (χ1v) is 5.46. The molecule has 3 heterocycles. The molecule has 0 saturated heterocycles. The molecule has 0 amide bonds. The molecule has 3 rings (SSSR count). The van der Waals surface area contributed by atoms with Crippen molar-refractivity contribution in [1.82, 2.24) is 14.4 Å². The maximum atomic E-state index is 5.61. The molecule has 0 atom stereocenters. The fourth-order valence-corrected chi connectivity index (χ4v) is 1.80. The number of hydrogen-bond donors (Lipinski definition) is 1. The van der Waals surface area contributed by atoms with E-state index in [-0.39, 0.29) is 0 Å². The molecule has 84 valence electrons. The summed E-state index contributed by atoms with van der Waals surface area (Å²) in [5.74, 6) is 0. The molecule has 4 heteroatoms. The van der Waals surface area contributed by atoms with Gasteiger partial charge in [0.2, 0.25) is 0 Å². The molecular formula is C13H12N4. The van der Waals surface area contributed by atoms with Gasteiger partial charge >= 0.3 is 0 Å². The highest BCUT2D eigenvalue weighted by Gasteiger charge is 2.04. The van der Waals surface area contributed by atoms with Crippen molar-refractivity contribution in [3.05, 3.63) is 54.5 Å². The average molecular weight is 224 g/mol. The van der Waals surface area contributed by atoms with Gasteiger partial charge in [0.25, 0.3) is 0 Å². The molecule has 0 aliphatic carbocycles. The molecule has 0 aromatic carbocycles. The van der Waals surface area contributed by atoms with Crippen LogP contribution in [0.15, 0.2) is 48.9 Å². The van der Waals surface area contributed by atoms with Gasteiger partial charge in [-0.05, 0) is 23.8 Å². The minimum atomic E-state index is 0.535. The molecule has 0 radical (unpaired) electrons. The van der Waals surface area contributed by atoms with Gasteiger partial charge in [-0.15, -0.1) is 0 Å². The van der Waals surface area contributed by atoms with Crippen LogP contribution in [0.1, 0.15) is 5.56 Å². The smallest absolute Gasteiger partial charge is 0.137 e. The number of nitrogens with zero attached hydrogens (tertiary/aromatic N) is 3. The van der Waals surface area contributed by atoms with Crippen LogP contribution in [0.2, 0.25) is 0 Å². The van der Waals surface area contributed by atoms with Crippen LogP contribution < -0.4 is 5.73 Å². The van der Waals surface area contributed by atoms with Crippen LogP contribution in [0.4, 0.5) is 0 Å². The molecule has 2 N–H and O–H groups in total. The highest BCUT2D eigenvalue weighted by atomic mass is 15.0. The van der Waals surface area contributed by atoms with Crippen molar-refractivity contribution in [3.63, 3.8) is 0 Å². The van der Waals surface area contributed by atoms with Gasteiger partial charge in [0.1, 0.15) is 11.3 Å². The predicted octanol–water partition coefficient (Wildman–Crippen LogP) is 1.85. The lowest BCUT2D eigenvalue weighted by atomic mass is 10.3. The Morgan fingerprint density at radius 1 is 1.06 bits per heavy atom. The first-order valence-electron chi connectivity index (χ1n) is 5.46. The summed E-state index contributed by atoms with van der Waals surface area (Å²) < 4.78 is 1.98. The second-order valence-corrected chi connectivity index (χ2v) is 3.85. The maximum Gasteiger partial charge on any atom is 0.137 e. The highest BCUT2D eigenvalue weighted by molar-refractivity contribution is 5.58. The van der Waals surface area contributed by atoms with E-state index in [1.807, 2.05) is 47.1 Å². The molecule has 0 unspecified atom stereocenters. The summed E-state index contributed by atoms with van der Waals surface area (Å²) in [7, 11) is 0. The Morgan fingerprint density at radius 3 is 2.76 bits per heavy atom. The summed E-state index contributed by atoms with van der Waals surface area (Å²) >= 11 is 0. The number of hydrogen-bond acceptors (Lipinski definition) is 3. The monoisotopic (exact) mass is 224 g/mol. The summed E-state index contributed by atoms with van der Waals surface area (Å²) in [5, 5.41) is 0. The Bertz CT molecular complexity index is 643. The van der Waals surface area contributed by atoms with Crippen LogP contribution in [-0.2, 0) is 6.54 Å². The number of pyridine rings is 2. The third-order valence-corrected chi connectivity index (χ3v) is 2.68. The summed E-state index contributed by atoms with van der Waals surface area (Å²) in [5.41, 5.74) is 9.36. The number of imidazole rings is 1. The van der Waals surface area contributed by atoms with Crippen molar-refractivity contribution in [1.29, 1.82) is 0 Å². The molecule has 17 heavy (non-hydrogen) atoms. The summed E-state index contributed by atoms with van der Waals surface area (Å²) in [4.78, 5) is 8.80. The van der Waals surface area contributed by atoms with Gasteiger partial charge in [0.15, 0.2) is 0 Å². The predicted molar refractivity (Wildman–Crippen MR) is 66.3 cm³/mol. The Morgan fingerprint density at radius 2 is 2.00 bits per heavy atom. The van der Waals surface area contributed by atoms with E-state index >= 15 is 0 Å². The molecular weight excluding hydrogens is 212 g/mol. The zero-order valence-corrected chi connectivity index (χ0v) is 9.24. The van der Waals surface area contributed by atoms with E-state index in [0.29, 0.717) is 6.54 Å². The quantitative estimate of drug-likeness (QED) is 0.722. The minimum Gasteiger partial charge on any atom is -0.326 e. The standard InChI is InChI=1S/C13H12N4/c14-7-10-4-5-13-16-12(9-17(13)8-10)11-3-1-2-6-15-11/h1-6,8-9H,7,14H2. The Labute approximate surface area is 98.8 Å². The fraction of sp³-hybridized carbons (Fsp3) is 0.0769. The molecule has 0 bridgehead atoms. The SMILES string of the molecule is NCc1ccc2nc(-c3ccccn3)cn2c1. The molecule has 3 aromatic rings. The Kier molecular flexibility index (Phi) is 2.34. The largest absolute Gasteiger partial charge is 0.326 e. The van der Waals surface area contributed by atoms with Gasteiger partial charge in [-0.25, -0.2) is 4.98 Å². The van der Waals surface area contributed by atoms with Gasteiger partial charge < -0.3 is 10.1 Å². The van der Waals surface area contributed by atoms with Crippen LogP contribution in [-0.4, -0.2) is 14.4 Å². The lowest BCUT2D eigenvalue weighted by Gasteiger charge is -1.96. The first-order chi connectivity index (χ1) is 8.36. The van der Waals surface area contributed by atoms with E-state index in [9.17, 15) is 0 Å². The van der Waals surface area contributed by atoms with E-state index in [0.717, 1.165) is 22.6 Å². The summed E-state index contributed by atoms with van der Waals surface area (Å²) in [6.07, 6.45) is 5.73. The van der Waals surface area contributed by atoms with Crippen molar-refractivity contribution in [2.24, 2.45) is 5.73 Å². The first kappa shape index (κ1) is 9.99. The number of rotatable bonds is 2. The molecule has 0 fully saturated rings. The highest BCUT2D eigenvalue weighted by Crippen LogP contribution is 2.16. The van der Waals surface area contributed by atoms with Gasteiger partial charge in [-0.2, -0.15) is 0 Å². The van der Waals surface area contributed by atoms with E-state index < -0.39 is 0 Å².